The number of rotatable bonds is 4. The first-order valence-electron chi connectivity index (χ1n) is 8.89. The van der Waals surface area contributed by atoms with Crippen molar-refractivity contribution in [3.05, 3.63) is 74.4 Å². The van der Waals surface area contributed by atoms with Crippen LogP contribution in [0.25, 0.3) is 5.76 Å². The Kier molecular flexibility index (Phi) is 5.23. The molecule has 1 atom stereocenters. The van der Waals surface area contributed by atoms with Gasteiger partial charge in [0.05, 0.1) is 18.4 Å². The van der Waals surface area contributed by atoms with E-state index in [1.54, 1.807) is 49.4 Å². The van der Waals surface area contributed by atoms with Gasteiger partial charge in [0.15, 0.2) is 5.13 Å². The van der Waals surface area contributed by atoms with Crippen molar-refractivity contribution in [3.63, 3.8) is 0 Å². The minimum atomic E-state index is -0.846. The van der Waals surface area contributed by atoms with Crippen LogP contribution in [0.1, 0.15) is 31.8 Å². The number of benzene rings is 1. The van der Waals surface area contributed by atoms with E-state index in [4.69, 9.17) is 4.74 Å². The lowest BCUT2D eigenvalue weighted by molar-refractivity contribution is -0.132. The highest BCUT2D eigenvalue weighted by atomic mass is 32.1. The summed E-state index contributed by atoms with van der Waals surface area (Å²) in [4.78, 5) is 44.5. The lowest BCUT2D eigenvalue weighted by Crippen LogP contribution is -2.29. The van der Waals surface area contributed by atoms with Crippen LogP contribution in [0.5, 0.6) is 0 Å². The molecule has 1 aromatic carbocycles. The number of ketones is 1. The van der Waals surface area contributed by atoms with E-state index in [0.29, 0.717) is 16.1 Å². The Morgan fingerprint density at radius 1 is 1.17 bits per heavy atom. The molecular weight excluding hydrogens is 424 g/mol. The third kappa shape index (κ3) is 3.21. The summed E-state index contributed by atoms with van der Waals surface area (Å²) >= 11 is 2.33. The van der Waals surface area contributed by atoms with Gasteiger partial charge in [-0.2, -0.15) is 0 Å². The summed E-state index contributed by atoms with van der Waals surface area (Å²) < 4.78 is 4.77. The predicted octanol–water partition coefficient (Wildman–Crippen LogP) is 3.93. The van der Waals surface area contributed by atoms with E-state index >= 15 is 0 Å². The lowest BCUT2D eigenvalue weighted by atomic mass is 10.00. The quantitative estimate of drug-likeness (QED) is 0.286. The Morgan fingerprint density at radius 3 is 2.53 bits per heavy atom. The highest BCUT2D eigenvalue weighted by molar-refractivity contribution is 7.18. The van der Waals surface area contributed by atoms with Crippen molar-refractivity contribution in [1.29, 1.82) is 0 Å². The Morgan fingerprint density at radius 2 is 1.90 bits per heavy atom. The van der Waals surface area contributed by atoms with Crippen LogP contribution >= 0.6 is 22.7 Å². The standard InChI is InChI=1S/C21H16N2O5S2/c1-11-18(20(27)28-2)30-21(22-11)23-15(13-9-6-10-29-13)14(17(25)19(23)26)16(24)12-7-4-3-5-8-12/h3-10,15,24H,1-2H3/b16-14-. The number of amides is 1. The number of thiophene rings is 1. The van der Waals surface area contributed by atoms with Gasteiger partial charge in [0.25, 0.3) is 5.78 Å². The fourth-order valence-electron chi connectivity index (χ4n) is 3.26. The number of aryl methyl sites for hydroxylation is 1. The van der Waals surface area contributed by atoms with E-state index in [1.165, 1.54) is 23.3 Å². The molecular formula is C21H16N2O5S2. The van der Waals surface area contributed by atoms with Gasteiger partial charge in [0.1, 0.15) is 16.7 Å². The molecule has 9 heteroatoms. The predicted molar refractivity (Wildman–Crippen MR) is 114 cm³/mol. The second-order valence-electron chi connectivity index (χ2n) is 6.45. The highest BCUT2D eigenvalue weighted by Crippen LogP contribution is 2.45. The molecule has 1 unspecified atom stereocenters. The van der Waals surface area contributed by atoms with Gasteiger partial charge in [-0.3, -0.25) is 14.5 Å². The van der Waals surface area contributed by atoms with Crippen molar-refractivity contribution in [2.24, 2.45) is 0 Å². The van der Waals surface area contributed by atoms with E-state index in [-0.39, 0.29) is 21.3 Å². The number of carbonyl (C=O) groups is 3. The summed E-state index contributed by atoms with van der Waals surface area (Å²) in [6.45, 7) is 1.63. The first kappa shape index (κ1) is 20.0. The van der Waals surface area contributed by atoms with Gasteiger partial charge < -0.3 is 9.84 Å². The summed E-state index contributed by atoms with van der Waals surface area (Å²) in [6, 6.07) is 11.3. The number of aliphatic hydroxyl groups excluding tert-OH is 1. The van der Waals surface area contributed by atoms with Crippen LogP contribution in [-0.4, -0.2) is 34.9 Å². The van der Waals surface area contributed by atoms with Crippen molar-refractivity contribution >= 4 is 51.2 Å². The maximum Gasteiger partial charge on any atom is 0.350 e. The minimum absolute atomic E-state index is 0.0129. The average molecular weight is 441 g/mol. The minimum Gasteiger partial charge on any atom is -0.507 e. The molecule has 4 rings (SSSR count). The fraction of sp³-hybridized carbons (Fsp3) is 0.143. The monoisotopic (exact) mass is 440 g/mol. The van der Waals surface area contributed by atoms with Crippen molar-refractivity contribution < 1.29 is 24.2 Å². The van der Waals surface area contributed by atoms with Gasteiger partial charge in [-0.15, -0.1) is 11.3 Å². The van der Waals surface area contributed by atoms with Gasteiger partial charge in [-0.05, 0) is 18.4 Å². The molecule has 3 aromatic rings. The van der Waals surface area contributed by atoms with Crippen LogP contribution in [0.2, 0.25) is 0 Å². The normalized spacial score (nSPS) is 18.1. The number of hydrogen-bond donors (Lipinski definition) is 1. The molecule has 1 N–H and O–H groups in total. The number of nitrogens with zero attached hydrogens (tertiary/aromatic N) is 2. The number of carbonyl (C=O) groups excluding carboxylic acids is 3. The summed E-state index contributed by atoms with van der Waals surface area (Å²) in [5, 5.41) is 12.9. The number of Topliss-reactive ketones (excluding diaryl/α,β-unsaturated/α-hetero) is 1. The van der Waals surface area contributed by atoms with Crippen LogP contribution in [0.4, 0.5) is 5.13 Å². The zero-order valence-corrected chi connectivity index (χ0v) is 17.6. The van der Waals surface area contributed by atoms with Crippen molar-refractivity contribution in [2.45, 2.75) is 13.0 Å². The lowest BCUT2D eigenvalue weighted by Gasteiger charge is -2.21. The second kappa shape index (κ2) is 7.85. The van der Waals surface area contributed by atoms with Gasteiger partial charge in [-0.25, -0.2) is 9.78 Å². The summed E-state index contributed by atoms with van der Waals surface area (Å²) in [5.74, 6) is -2.43. The largest absolute Gasteiger partial charge is 0.507 e. The molecule has 2 aromatic heterocycles. The number of thiazole rings is 1. The summed E-state index contributed by atoms with van der Waals surface area (Å²) in [7, 11) is 1.26. The smallest absolute Gasteiger partial charge is 0.350 e. The van der Waals surface area contributed by atoms with E-state index in [1.807, 2.05) is 5.38 Å². The van der Waals surface area contributed by atoms with E-state index in [2.05, 4.69) is 4.98 Å². The molecule has 7 nitrogen and oxygen atoms in total. The first-order chi connectivity index (χ1) is 14.4. The number of methoxy groups -OCH3 is 1. The number of hydrogen-bond acceptors (Lipinski definition) is 8. The van der Waals surface area contributed by atoms with Crippen molar-refractivity contribution in [3.8, 4) is 0 Å². The molecule has 3 heterocycles. The Balaban J connectivity index is 1.90. The fourth-order valence-corrected chi connectivity index (χ4v) is 5.10. The molecule has 0 bridgehead atoms. The number of anilines is 1. The highest BCUT2D eigenvalue weighted by Gasteiger charge is 2.48. The molecule has 1 amide bonds. The first-order valence-corrected chi connectivity index (χ1v) is 10.6. The number of aliphatic hydroxyl groups is 1. The van der Waals surface area contributed by atoms with Crippen LogP contribution in [-0.2, 0) is 14.3 Å². The molecule has 30 heavy (non-hydrogen) atoms. The SMILES string of the molecule is COC(=O)c1sc(N2C(=O)C(=O)/C(=C(\O)c3ccccc3)C2c2cccs2)nc1C. The molecule has 0 saturated carbocycles. The summed E-state index contributed by atoms with van der Waals surface area (Å²) in [5.41, 5.74) is 0.820. The third-order valence-electron chi connectivity index (χ3n) is 4.67. The average Bonchev–Trinajstić information content (AvgIpc) is 3.47. The molecule has 0 radical (unpaired) electrons. The van der Waals surface area contributed by atoms with Gasteiger partial charge >= 0.3 is 11.9 Å². The number of esters is 1. The van der Waals surface area contributed by atoms with Crippen molar-refractivity contribution in [2.75, 3.05) is 12.0 Å². The van der Waals surface area contributed by atoms with Crippen LogP contribution in [0.3, 0.4) is 0 Å². The zero-order chi connectivity index (χ0) is 21.4. The Bertz CT molecular complexity index is 1170. The van der Waals surface area contributed by atoms with Gasteiger partial charge in [0.2, 0.25) is 0 Å². The number of ether oxygens (including phenoxy) is 1. The number of aromatic nitrogens is 1. The van der Waals surface area contributed by atoms with Crippen LogP contribution in [0.15, 0.2) is 53.4 Å². The summed E-state index contributed by atoms with van der Waals surface area (Å²) in [6.07, 6.45) is 0. The van der Waals surface area contributed by atoms with Crippen LogP contribution in [0, 0.1) is 6.92 Å². The molecule has 0 spiro atoms. The maximum absolute atomic E-state index is 13.0. The molecule has 1 aliphatic heterocycles. The van der Waals surface area contributed by atoms with Crippen LogP contribution < -0.4 is 4.90 Å². The van der Waals surface area contributed by atoms with Crippen molar-refractivity contribution in [1.82, 2.24) is 4.98 Å². The molecule has 1 fully saturated rings. The molecule has 1 saturated heterocycles. The van der Waals surface area contributed by atoms with E-state index in [0.717, 1.165) is 11.3 Å². The Labute approximate surface area is 179 Å². The topological polar surface area (TPSA) is 96.8 Å². The second-order valence-corrected chi connectivity index (χ2v) is 8.41. The molecule has 1 aliphatic rings. The zero-order valence-electron chi connectivity index (χ0n) is 16.0. The van der Waals surface area contributed by atoms with Gasteiger partial charge in [0, 0.05) is 10.4 Å². The van der Waals surface area contributed by atoms with Gasteiger partial charge in [-0.1, -0.05) is 47.7 Å². The third-order valence-corrected chi connectivity index (χ3v) is 6.73. The maximum atomic E-state index is 13.0. The van der Waals surface area contributed by atoms with E-state index in [9.17, 15) is 19.5 Å². The molecule has 152 valence electrons. The molecule has 0 aliphatic carbocycles. The Hall–Kier alpha value is -3.30. The van der Waals surface area contributed by atoms with E-state index < -0.39 is 23.7 Å².